The van der Waals surface area contributed by atoms with E-state index in [1.54, 1.807) is 0 Å². The quantitative estimate of drug-likeness (QED) is 0.700. The molecule has 0 saturated carbocycles. The third-order valence-corrected chi connectivity index (χ3v) is 3.71. The van der Waals surface area contributed by atoms with E-state index >= 15 is 0 Å². The van der Waals surface area contributed by atoms with E-state index in [2.05, 4.69) is 15.6 Å². The van der Waals surface area contributed by atoms with Crippen molar-refractivity contribution in [2.24, 2.45) is 0 Å². The van der Waals surface area contributed by atoms with E-state index in [4.69, 9.17) is 11.6 Å². The molecule has 0 saturated heterocycles. The van der Waals surface area contributed by atoms with Crippen LogP contribution in [0.25, 0.3) is 0 Å². The Morgan fingerprint density at radius 1 is 1.20 bits per heavy atom. The fourth-order valence-corrected chi connectivity index (χ4v) is 2.32. The number of alkyl halides is 3. The molecule has 1 heterocycles. The van der Waals surface area contributed by atoms with E-state index in [9.17, 15) is 18.0 Å². The summed E-state index contributed by atoms with van der Waals surface area (Å²) in [7, 11) is 0. The minimum Gasteiger partial charge on any atom is -0.354 e. The zero-order valence-electron chi connectivity index (χ0n) is 13.5. The van der Waals surface area contributed by atoms with Crippen LogP contribution in [-0.4, -0.2) is 17.4 Å². The molecule has 0 spiro atoms. The molecular weight excluding hydrogens is 355 g/mol. The van der Waals surface area contributed by atoms with Gasteiger partial charge in [0.2, 0.25) is 0 Å². The van der Waals surface area contributed by atoms with E-state index in [0.717, 1.165) is 18.9 Å². The summed E-state index contributed by atoms with van der Waals surface area (Å²) in [5, 5.41) is 5.18. The first-order chi connectivity index (χ1) is 11.8. The van der Waals surface area contributed by atoms with Crippen LogP contribution in [0.5, 0.6) is 0 Å². The van der Waals surface area contributed by atoms with Gasteiger partial charge in [-0.2, -0.15) is 13.2 Å². The Morgan fingerprint density at radius 3 is 2.64 bits per heavy atom. The Balaban J connectivity index is 2.16. The van der Waals surface area contributed by atoms with Gasteiger partial charge in [-0.05, 0) is 30.7 Å². The van der Waals surface area contributed by atoms with Crippen molar-refractivity contribution in [2.45, 2.75) is 25.9 Å². The van der Waals surface area contributed by atoms with Crippen LogP contribution in [0.15, 0.2) is 36.7 Å². The Kier molecular flexibility index (Phi) is 6.25. The van der Waals surface area contributed by atoms with Gasteiger partial charge < -0.3 is 10.6 Å². The molecule has 134 valence electrons. The normalized spacial score (nSPS) is 11.2. The van der Waals surface area contributed by atoms with Crippen LogP contribution in [0, 0.1) is 0 Å². The van der Waals surface area contributed by atoms with Gasteiger partial charge in [-0.25, -0.2) is 0 Å². The summed E-state index contributed by atoms with van der Waals surface area (Å²) in [6, 6.07) is 5.03. The molecule has 0 aliphatic carbocycles. The molecule has 0 aliphatic rings. The largest absolute Gasteiger partial charge is 0.417 e. The second kappa shape index (κ2) is 8.20. The highest BCUT2D eigenvalue weighted by molar-refractivity contribution is 6.31. The summed E-state index contributed by atoms with van der Waals surface area (Å²) in [4.78, 5) is 16.0. The number of benzene rings is 1. The highest BCUT2D eigenvalue weighted by Gasteiger charge is 2.33. The molecule has 4 nitrogen and oxygen atoms in total. The summed E-state index contributed by atoms with van der Waals surface area (Å²) in [5.74, 6) is -0.281. The molecule has 2 rings (SSSR count). The summed E-state index contributed by atoms with van der Waals surface area (Å²) in [6.07, 6.45) is 0.0918. The van der Waals surface area contributed by atoms with Crippen molar-refractivity contribution in [2.75, 3.05) is 11.9 Å². The minimum absolute atomic E-state index is 0.196. The van der Waals surface area contributed by atoms with Gasteiger partial charge in [-0.1, -0.05) is 24.9 Å². The van der Waals surface area contributed by atoms with Crippen molar-refractivity contribution in [3.8, 4) is 0 Å². The number of carbonyl (C=O) groups excluding carboxylic acids is 1. The molecule has 25 heavy (non-hydrogen) atoms. The molecule has 0 bridgehead atoms. The average molecular weight is 372 g/mol. The van der Waals surface area contributed by atoms with Crippen molar-refractivity contribution in [3.63, 3.8) is 0 Å². The van der Waals surface area contributed by atoms with Crippen molar-refractivity contribution < 1.29 is 18.0 Å². The van der Waals surface area contributed by atoms with Gasteiger partial charge in [0, 0.05) is 18.4 Å². The third kappa shape index (κ3) is 5.35. The second-order valence-electron chi connectivity index (χ2n) is 5.39. The van der Waals surface area contributed by atoms with Crippen molar-refractivity contribution in [1.82, 2.24) is 10.3 Å². The van der Waals surface area contributed by atoms with E-state index < -0.39 is 11.7 Å². The zero-order chi connectivity index (χ0) is 18.4. The first-order valence-electron chi connectivity index (χ1n) is 7.68. The summed E-state index contributed by atoms with van der Waals surface area (Å²) in [6.45, 7) is 2.57. The third-order valence-electron chi connectivity index (χ3n) is 3.38. The van der Waals surface area contributed by atoms with Crippen LogP contribution in [-0.2, 0) is 6.18 Å². The smallest absolute Gasteiger partial charge is 0.354 e. The van der Waals surface area contributed by atoms with Crippen LogP contribution in [0.2, 0.25) is 5.02 Å². The van der Waals surface area contributed by atoms with Gasteiger partial charge in [0.05, 0.1) is 28.0 Å². The van der Waals surface area contributed by atoms with Crippen molar-refractivity contribution in [3.05, 3.63) is 52.8 Å². The monoisotopic (exact) mass is 371 g/mol. The molecule has 0 unspecified atom stereocenters. The van der Waals surface area contributed by atoms with Gasteiger partial charge in [0.1, 0.15) is 0 Å². The maximum Gasteiger partial charge on any atom is 0.417 e. The molecular formula is C17H17ClF3N3O. The molecule has 1 aromatic heterocycles. The Morgan fingerprint density at radius 2 is 1.96 bits per heavy atom. The number of nitrogens with one attached hydrogen (secondary N) is 2. The number of aromatic nitrogens is 1. The second-order valence-corrected chi connectivity index (χ2v) is 5.80. The number of pyridine rings is 1. The highest BCUT2D eigenvalue weighted by Crippen LogP contribution is 2.36. The molecule has 0 aliphatic heterocycles. The summed E-state index contributed by atoms with van der Waals surface area (Å²) in [5.41, 5.74) is -0.00708. The molecule has 2 N–H and O–H groups in total. The fourth-order valence-electron chi connectivity index (χ4n) is 2.10. The number of hydrogen-bond acceptors (Lipinski definition) is 3. The van der Waals surface area contributed by atoms with Gasteiger partial charge >= 0.3 is 6.18 Å². The lowest BCUT2D eigenvalue weighted by atomic mass is 10.2. The number of halogens is 4. The summed E-state index contributed by atoms with van der Waals surface area (Å²) < 4.78 is 38.7. The fraction of sp³-hybridized carbons (Fsp3) is 0.294. The molecule has 2 aromatic rings. The number of carbonyl (C=O) groups is 1. The van der Waals surface area contributed by atoms with E-state index in [1.165, 1.54) is 30.6 Å². The maximum absolute atomic E-state index is 12.9. The predicted octanol–water partition coefficient (Wildman–Crippen LogP) is 5.03. The maximum atomic E-state index is 12.9. The van der Waals surface area contributed by atoms with Crippen LogP contribution in [0.1, 0.15) is 35.7 Å². The van der Waals surface area contributed by atoms with E-state index in [-0.39, 0.29) is 16.6 Å². The zero-order valence-corrected chi connectivity index (χ0v) is 14.2. The van der Waals surface area contributed by atoms with Crippen LogP contribution in [0.4, 0.5) is 24.5 Å². The molecule has 0 atom stereocenters. The summed E-state index contributed by atoms with van der Waals surface area (Å²) >= 11 is 5.60. The molecule has 0 fully saturated rings. The minimum atomic E-state index is -4.55. The predicted molar refractivity (Wildman–Crippen MR) is 91.2 cm³/mol. The molecule has 0 radical (unpaired) electrons. The number of rotatable bonds is 6. The van der Waals surface area contributed by atoms with E-state index in [1.807, 2.05) is 6.92 Å². The lowest BCUT2D eigenvalue weighted by Crippen LogP contribution is -2.24. The SMILES string of the molecule is CCCCNC(=O)c1cncc(Nc2ccc(Cl)c(C(F)(F)F)c2)c1. The standard InChI is InChI=1S/C17H17ClF3N3O/c1-2-3-6-23-16(25)11-7-13(10-22-9-11)24-12-4-5-15(18)14(8-12)17(19,20)21/h4-5,7-10,24H,2-3,6H2,1H3,(H,23,25). The highest BCUT2D eigenvalue weighted by atomic mass is 35.5. The number of hydrogen-bond donors (Lipinski definition) is 2. The van der Waals surface area contributed by atoms with Crippen molar-refractivity contribution >= 4 is 28.9 Å². The Hall–Kier alpha value is -2.28. The van der Waals surface area contributed by atoms with Crippen LogP contribution >= 0.6 is 11.6 Å². The van der Waals surface area contributed by atoms with Gasteiger partial charge in [-0.15, -0.1) is 0 Å². The van der Waals surface area contributed by atoms with Crippen LogP contribution < -0.4 is 10.6 Å². The lowest BCUT2D eigenvalue weighted by Gasteiger charge is -2.13. The number of amides is 1. The number of unbranched alkanes of at least 4 members (excludes halogenated alkanes) is 1. The van der Waals surface area contributed by atoms with Gasteiger partial charge in [0.25, 0.3) is 5.91 Å². The van der Waals surface area contributed by atoms with E-state index in [0.29, 0.717) is 17.8 Å². The Labute approximate surface area is 148 Å². The lowest BCUT2D eigenvalue weighted by molar-refractivity contribution is -0.137. The van der Waals surface area contributed by atoms with Crippen LogP contribution in [0.3, 0.4) is 0 Å². The number of nitrogens with zero attached hydrogens (tertiary/aromatic N) is 1. The molecule has 1 amide bonds. The average Bonchev–Trinajstić information content (AvgIpc) is 2.56. The topological polar surface area (TPSA) is 54.0 Å². The van der Waals surface area contributed by atoms with Crippen molar-refractivity contribution in [1.29, 1.82) is 0 Å². The first kappa shape index (κ1) is 19.1. The number of anilines is 2. The first-order valence-corrected chi connectivity index (χ1v) is 8.06. The Bertz CT molecular complexity index is 750. The molecule has 1 aromatic carbocycles. The molecule has 8 heteroatoms. The van der Waals surface area contributed by atoms with Gasteiger partial charge in [-0.3, -0.25) is 9.78 Å². The van der Waals surface area contributed by atoms with Gasteiger partial charge in [0.15, 0.2) is 0 Å².